The Balaban J connectivity index is 2.40. The number of benzene rings is 1. The molecule has 0 spiro atoms. The molecule has 0 atom stereocenters. The Labute approximate surface area is 140 Å². The van der Waals surface area contributed by atoms with Crippen molar-refractivity contribution in [1.29, 1.82) is 0 Å². The molecular formula is C16H23N3O5. The van der Waals surface area contributed by atoms with Crippen LogP contribution >= 0.6 is 0 Å². The number of para-hydroxylation sites is 1. The van der Waals surface area contributed by atoms with Crippen LogP contribution in [0.2, 0.25) is 0 Å². The minimum absolute atomic E-state index is 0.200. The minimum Gasteiger partial charge on any atom is -0.465 e. The second kappa shape index (κ2) is 8.76. The highest BCUT2D eigenvalue weighted by atomic mass is 16.6. The summed E-state index contributed by atoms with van der Waals surface area (Å²) in [7, 11) is 1.27. The number of rotatable bonds is 5. The number of alkyl carbamates (subject to hydrolysis) is 1. The lowest BCUT2D eigenvalue weighted by Gasteiger charge is -2.19. The van der Waals surface area contributed by atoms with Crippen molar-refractivity contribution in [3.8, 4) is 0 Å². The first-order valence-electron chi connectivity index (χ1n) is 7.42. The van der Waals surface area contributed by atoms with E-state index in [1.165, 1.54) is 7.11 Å². The van der Waals surface area contributed by atoms with Gasteiger partial charge in [-0.2, -0.15) is 0 Å². The number of urea groups is 1. The zero-order valence-electron chi connectivity index (χ0n) is 14.3. The molecular weight excluding hydrogens is 314 g/mol. The zero-order chi connectivity index (χ0) is 18.2. The summed E-state index contributed by atoms with van der Waals surface area (Å²) in [6.07, 6.45) is -0.555. The van der Waals surface area contributed by atoms with E-state index in [0.29, 0.717) is 5.69 Å². The average Bonchev–Trinajstić information content (AvgIpc) is 2.49. The highest BCUT2D eigenvalue weighted by Crippen LogP contribution is 2.15. The molecule has 0 fully saturated rings. The van der Waals surface area contributed by atoms with E-state index in [0.717, 1.165) is 0 Å². The van der Waals surface area contributed by atoms with E-state index in [1.54, 1.807) is 45.0 Å². The Morgan fingerprint density at radius 3 is 2.29 bits per heavy atom. The van der Waals surface area contributed by atoms with Gasteiger partial charge in [-0.05, 0) is 32.9 Å². The van der Waals surface area contributed by atoms with Crippen LogP contribution < -0.4 is 16.0 Å². The van der Waals surface area contributed by atoms with Crippen LogP contribution in [0.1, 0.15) is 31.1 Å². The molecule has 3 N–H and O–H groups in total. The maximum Gasteiger partial charge on any atom is 0.407 e. The topological polar surface area (TPSA) is 106 Å². The third-order valence-electron chi connectivity index (χ3n) is 2.66. The first-order valence-corrected chi connectivity index (χ1v) is 7.42. The number of methoxy groups -OCH3 is 1. The molecule has 0 radical (unpaired) electrons. The van der Waals surface area contributed by atoms with Crippen molar-refractivity contribution < 1.29 is 23.9 Å². The Morgan fingerprint density at radius 2 is 1.67 bits per heavy atom. The van der Waals surface area contributed by atoms with E-state index in [2.05, 4.69) is 20.7 Å². The standard InChI is InChI=1S/C16H23N3O5/c1-16(2,3)24-15(22)18-10-9-17-14(21)19-12-8-6-5-7-11(12)13(20)23-4/h5-8H,9-10H2,1-4H3,(H,18,22)(H2,17,19,21). The predicted octanol–water partition coefficient (Wildman–Crippen LogP) is 2.12. The number of esters is 1. The molecule has 0 bridgehead atoms. The van der Waals surface area contributed by atoms with Crippen LogP contribution in [0.25, 0.3) is 0 Å². The Hall–Kier alpha value is -2.77. The van der Waals surface area contributed by atoms with Gasteiger partial charge in [0.05, 0.1) is 18.4 Å². The molecule has 1 aromatic rings. The van der Waals surface area contributed by atoms with E-state index in [4.69, 9.17) is 4.74 Å². The summed E-state index contributed by atoms with van der Waals surface area (Å²) in [5, 5.41) is 7.64. The molecule has 0 aromatic heterocycles. The van der Waals surface area contributed by atoms with Gasteiger partial charge in [0.15, 0.2) is 0 Å². The SMILES string of the molecule is COC(=O)c1ccccc1NC(=O)NCCNC(=O)OC(C)(C)C. The summed E-state index contributed by atoms with van der Waals surface area (Å²) >= 11 is 0. The molecule has 0 aliphatic heterocycles. The summed E-state index contributed by atoms with van der Waals surface area (Å²) in [5.74, 6) is -0.544. The quantitative estimate of drug-likeness (QED) is 0.564. The summed E-state index contributed by atoms with van der Waals surface area (Å²) in [6.45, 7) is 5.69. The fourth-order valence-corrected chi connectivity index (χ4v) is 1.70. The van der Waals surface area contributed by atoms with Gasteiger partial charge in [0.25, 0.3) is 0 Å². The van der Waals surface area contributed by atoms with Crippen LogP contribution in [-0.2, 0) is 9.47 Å². The third kappa shape index (κ3) is 6.99. The highest BCUT2D eigenvalue weighted by Gasteiger charge is 2.16. The van der Waals surface area contributed by atoms with Crippen LogP contribution in [0.5, 0.6) is 0 Å². The smallest absolute Gasteiger partial charge is 0.407 e. The fraction of sp³-hybridized carbons (Fsp3) is 0.438. The number of anilines is 1. The molecule has 3 amide bonds. The average molecular weight is 337 g/mol. The zero-order valence-corrected chi connectivity index (χ0v) is 14.3. The van der Waals surface area contributed by atoms with Gasteiger partial charge >= 0.3 is 18.1 Å². The van der Waals surface area contributed by atoms with Gasteiger partial charge in [-0.1, -0.05) is 12.1 Å². The van der Waals surface area contributed by atoms with E-state index >= 15 is 0 Å². The summed E-state index contributed by atoms with van der Waals surface area (Å²) in [6, 6.07) is 5.99. The lowest BCUT2D eigenvalue weighted by Crippen LogP contribution is -2.39. The number of carbonyl (C=O) groups is 3. The largest absolute Gasteiger partial charge is 0.465 e. The molecule has 0 saturated heterocycles. The molecule has 0 aliphatic carbocycles. The number of ether oxygens (including phenoxy) is 2. The molecule has 1 rings (SSSR count). The van der Waals surface area contributed by atoms with E-state index in [1.807, 2.05) is 0 Å². The summed E-state index contributed by atoms with van der Waals surface area (Å²) in [4.78, 5) is 34.9. The third-order valence-corrected chi connectivity index (χ3v) is 2.66. The van der Waals surface area contributed by atoms with Crippen molar-refractivity contribution >= 4 is 23.8 Å². The maximum absolute atomic E-state index is 11.8. The minimum atomic E-state index is -0.577. The number of amides is 3. The second-order valence-corrected chi connectivity index (χ2v) is 5.85. The van der Waals surface area contributed by atoms with Gasteiger partial charge in [0.1, 0.15) is 5.60 Å². The van der Waals surface area contributed by atoms with Gasteiger partial charge in [-0.15, -0.1) is 0 Å². The monoisotopic (exact) mass is 337 g/mol. The Morgan fingerprint density at radius 1 is 1.04 bits per heavy atom. The molecule has 1 aromatic carbocycles. The Bertz CT molecular complexity index is 596. The second-order valence-electron chi connectivity index (χ2n) is 5.85. The van der Waals surface area contributed by atoms with Crippen LogP contribution in [-0.4, -0.2) is 43.9 Å². The van der Waals surface area contributed by atoms with E-state index < -0.39 is 23.7 Å². The molecule has 24 heavy (non-hydrogen) atoms. The van der Waals surface area contributed by atoms with Crippen molar-refractivity contribution in [2.24, 2.45) is 0 Å². The van der Waals surface area contributed by atoms with Gasteiger partial charge in [0, 0.05) is 13.1 Å². The first-order chi connectivity index (χ1) is 11.2. The van der Waals surface area contributed by atoms with Gasteiger partial charge < -0.3 is 25.4 Å². The summed E-state index contributed by atoms with van der Waals surface area (Å²) in [5.41, 5.74) is 0.0101. The fourth-order valence-electron chi connectivity index (χ4n) is 1.70. The molecule has 8 nitrogen and oxygen atoms in total. The molecule has 0 heterocycles. The van der Waals surface area contributed by atoms with Crippen LogP contribution in [0.15, 0.2) is 24.3 Å². The Kier molecular flexibility index (Phi) is 7.03. The van der Waals surface area contributed by atoms with Gasteiger partial charge in [-0.3, -0.25) is 0 Å². The van der Waals surface area contributed by atoms with Crippen molar-refractivity contribution in [2.45, 2.75) is 26.4 Å². The van der Waals surface area contributed by atoms with Gasteiger partial charge in [-0.25, -0.2) is 14.4 Å². The normalized spacial score (nSPS) is 10.5. The number of nitrogens with one attached hydrogen (secondary N) is 3. The molecule has 132 valence electrons. The molecule has 8 heteroatoms. The van der Waals surface area contributed by atoms with Crippen LogP contribution in [0.3, 0.4) is 0 Å². The van der Waals surface area contributed by atoms with E-state index in [-0.39, 0.29) is 18.7 Å². The first kappa shape index (κ1) is 19.3. The lowest BCUT2D eigenvalue weighted by molar-refractivity contribution is 0.0527. The van der Waals surface area contributed by atoms with E-state index in [9.17, 15) is 14.4 Å². The predicted molar refractivity (Wildman–Crippen MR) is 89.0 cm³/mol. The highest BCUT2D eigenvalue weighted by molar-refractivity contribution is 6.00. The van der Waals surface area contributed by atoms with Crippen LogP contribution in [0.4, 0.5) is 15.3 Å². The van der Waals surface area contributed by atoms with Crippen molar-refractivity contribution in [3.63, 3.8) is 0 Å². The van der Waals surface area contributed by atoms with Crippen molar-refractivity contribution in [3.05, 3.63) is 29.8 Å². The number of carbonyl (C=O) groups excluding carboxylic acids is 3. The van der Waals surface area contributed by atoms with Crippen molar-refractivity contribution in [2.75, 3.05) is 25.5 Å². The molecule has 0 saturated carbocycles. The van der Waals surface area contributed by atoms with Crippen molar-refractivity contribution in [1.82, 2.24) is 10.6 Å². The number of hydrogen-bond donors (Lipinski definition) is 3. The maximum atomic E-state index is 11.8. The summed E-state index contributed by atoms with van der Waals surface area (Å²) < 4.78 is 9.72. The molecule has 0 unspecified atom stereocenters. The lowest BCUT2D eigenvalue weighted by atomic mass is 10.2. The van der Waals surface area contributed by atoms with Gasteiger partial charge in [0.2, 0.25) is 0 Å². The molecule has 0 aliphatic rings. The number of hydrogen-bond acceptors (Lipinski definition) is 5. The van der Waals surface area contributed by atoms with Crippen LogP contribution in [0, 0.1) is 0 Å².